The van der Waals surface area contributed by atoms with Crippen LogP contribution < -0.4 is 0 Å². The topological polar surface area (TPSA) is 17.1 Å². The quantitative estimate of drug-likeness (QED) is 0.659. The molecular formula is C9H10OS. The van der Waals surface area contributed by atoms with Crippen molar-refractivity contribution in [1.29, 1.82) is 0 Å². The summed E-state index contributed by atoms with van der Waals surface area (Å²) in [4.78, 5) is 0.852. The maximum Gasteiger partial charge on any atom is 0.0772 e. The summed E-state index contributed by atoms with van der Waals surface area (Å²) < 4.78 is 11.3. The third-order valence-corrected chi connectivity index (χ3v) is 2.49. The average molecular weight is 166 g/mol. The van der Waals surface area contributed by atoms with Gasteiger partial charge in [0.2, 0.25) is 0 Å². The van der Waals surface area contributed by atoms with Gasteiger partial charge >= 0.3 is 0 Å². The monoisotopic (exact) mass is 166 g/mol. The average Bonchev–Trinajstić information content (AvgIpc) is 2.07. The van der Waals surface area contributed by atoms with Crippen molar-refractivity contribution in [1.82, 2.24) is 0 Å². The van der Waals surface area contributed by atoms with Crippen molar-refractivity contribution >= 4 is 10.8 Å². The van der Waals surface area contributed by atoms with E-state index in [-0.39, 0.29) is 0 Å². The Kier molecular flexibility index (Phi) is 3.05. The smallest absolute Gasteiger partial charge is 0.0772 e. The first-order valence-electron chi connectivity index (χ1n) is 3.43. The lowest BCUT2D eigenvalue weighted by atomic mass is 10.4. The molecule has 0 heterocycles. The third kappa shape index (κ3) is 2.31. The van der Waals surface area contributed by atoms with Crippen LogP contribution >= 0.6 is 0 Å². The largest absolute Gasteiger partial charge is 0.250 e. The van der Waals surface area contributed by atoms with Crippen molar-refractivity contribution < 1.29 is 4.21 Å². The minimum atomic E-state index is -0.964. The predicted molar refractivity (Wildman–Crippen MR) is 47.7 cm³/mol. The zero-order chi connectivity index (χ0) is 8.10. The minimum Gasteiger partial charge on any atom is -0.250 e. The lowest BCUT2D eigenvalue weighted by molar-refractivity contribution is 0.688. The van der Waals surface area contributed by atoms with E-state index < -0.39 is 10.8 Å². The van der Waals surface area contributed by atoms with Crippen LogP contribution in [0.2, 0.25) is 0 Å². The van der Waals surface area contributed by atoms with Crippen molar-refractivity contribution in [3.05, 3.63) is 41.8 Å². The molecule has 58 valence electrons. The molecule has 1 unspecified atom stereocenters. The third-order valence-electron chi connectivity index (χ3n) is 1.24. The highest BCUT2D eigenvalue weighted by atomic mass is 32.2. The summed E-state index contributed by atoms with van der Waals surface area (Å²) in [5, 5.41) is 1.68. The van der Waals surface area contributed by atoms with Crippen molar-refractivity contribution in [3.8, 4) is 0 Å². The molecule has 0 radical (unpaired) electrons. The first-order valence-corrected chi connectivity index (χ1v) is 4.64. The van der Waals surface area contributed by atoms with E-state index in [0.717, 1.165) is 4.90 Å². The van der Waals surface area contributed by atoms with Gasteiger partial charge < -0.3 is 0 Å². The zero-order valence-electron chi connectivity index (χ0n) is 6.36. The highest BCUT2D eigenvalue weighted by Gasteiger charge is 1.94. The van der Waals surface area contributed by atoms with Gasteiger partial charge in [0.15, 0.2) is 0 Å². The lowest BCUT2D eigenvalue weighted by Gasteiger charge is -1.92. The van der Waals surface area contributed by atoms with Gasteiger partial charge in [-0.15, -0.1) is 0 Å². The number of hydrogen-bond acceptors (Lipinski definition) is 1. The Balaban J connectivity index is 2.86. The number of rotatable bonds is 2. The Morgan fingerprint density at radius 1 is 1.27 bits per heavy atom. The van der Waals surface area contributed by atoms with Crippen LogP contribution in [-0.2, 0) is 10.8 Å². The second kappa shape index (κ2) is 4.09. The molecule has 1 aromatic carbocycles. The fourth-order valence-corrected chi connectivity index (χ4v) is 1.59. The van der Waals surface area contributed by atoms with Crippen LogP contribution in [0.3, 0.4) is 0 Å². The molecule has 0 saturated carbocycles. The van der Waals surface area contributed by atoms with Crippen LogP contribution in [0.5, 0.6) is 0 Å². The van der Waals surface area contributed by atoms with E-state index in [9.17, 15) is 4.21 Å². The Morgan fingerprint density at radius 3 is 2.45 bits per heavy atom. The maximum absolute atomic E-state index is 11.3. The van der Waals surface area contributed by atoms with E-state index in [4.69, 9.17) is 0 Å². The van der Waals surface area contributed by atoms with Gasteiger partial charge in [0.25, 0.3) is 0 Å². The van der Waals surface area contributed by atoms with Crippen molar-refractivity contribution in [2.45, 2.75) is 11.8 Å². The summed E-state index contributed by atoms with van der Waals surface area (Å²) in [6.07, 6.45) is 1.79. The Morgan fingerprint density at radius 2 is 1.91 bits per heavy atom. The van der Waals surface area contributed by atoms with Gasteiger partial charge in [0, 0.05) is 10.3 Å². The molecule has 0 bridgehead atoms. The van der Waals surface area contributed by atoms with Crippen LogP contribution in [0.1, 0.15) is 6.92 Å². The summed E-state index contributed by atoms with van der Waals surface area (Å²) in [5.41, 5.74) is 0. The summed E-state index contributed by atoms with van der Waals surface area (Å²) in [6.45, 7) is 1.86. The molecule has 11 heavy (non-hydrogen) atoms. The summed E-state index contributed by atoms with van der Waals surface area (Å²) in [7, 11) is -0.964. The van der Waals surface area contributed by atoms with E-state index in [2.05, 4.69) is 0 Å². The Labute approximate surface area is 69.2 Å². The Bertz CT molecular complexity index is 264. The van der Waals surface area contributed by atoms with Crippen LogP contribution in [0.25, 0.3) is 0 Å². The van der Waals surface area contributed by atoms with Gasteiger partial charge in [0.05, 0.1) is 10.8 Å². The second-order valence-electron chi connectivity index (χ2n) is 2.08. The van der Waals surface area contributed by atoms with Crippen molar-refractivity contribution in [3.63, 3.8) is 0 Å². The van der Waals surface area contributed by atoms with E-state index in [1.54, 1.807) is 11.5 Å². The molecule has 0 aromatic heterocycles. The van der Waals surface area contributed by atoms with Crippen LogP contribution in [0.4, 0.5) is 0 Å². The SMILES string of the molecule is C/C=C/S(=O)c1ccccc1. The summed E-state index contributed by atoms with van der Waals surface area (Å²) >= 11 is 0. The molecule has 1 atom stereocenters. The van der Waals surface area contributed by atoms with Gasteiger partial charge in [-0.3, -0.25) is 0 Å². The van der Waals surface area contributed by atoms with E-state index in [1.807, 2.05) is 37.3 Å². The first-order chi connectivity index (χ1) is 5.34. The molecule has 0 aliphatic carbocycles. The van der Waals surface area contributed by atoms with Crippen molar-refractivity contribution in [2.75, 3.05) is 0 Å². The van der Waals surface area contributed by atoms with Gasteiger partial charge in [-0.1, -0.05) is 24.3 Å². The van der Waals surface area contributed by atoms with Crippen LogP contribution in [-0.4, -0.2) is 4.21 Å². The van der Waals surface area contributed by atoms with Crippen LogP contribution in [0, 0.1) is 0 Å². The fourth-order valence-electron chi connectivity index (χ4n) is 0.757. The molecule has 2 heteroatoms. The molecule has 0 spiro atoms. The van der Waals surface area contributed by atoms with Gasteiger partial charge in [-0.05, 0) is 19.1 Å². The van der Waals surface area contributed by atoms with E-state index >= 15 is 0 Å². The zero-order valence-corrected chi connectivity index (χ0v) is 7.17. The molecule has 1 aromatic rings. The van der Waals surface area contributed by atoms with Gasteiger partial charge in [0.1, 0.15) is 0 Å². The second-order valence-corrected chi connectivity index (χ2v) is 3.42. The molecule has 0 amide bonds. The predicted octanol–water partition coefficient (Wildman–Crippen LogP) is 2.33. The standard InChI is InChI=1S/C9H10OS/c1-2-8-11(10)9-6-4-3-5-7-9/h2-8H,1H3/b8-2+. The molecule has 0 N–H and O–H groups in total. The van der Waals surface area contributed by atoms with Gasteiger partial charge in [-0.25, -0.2) is 4.21 Å². The van der Waals surface area contributed by atoms with E-state index in [0.29, 0.717) is 0 Å². The molecule has 1 nitrogen and oxygen atoms in total. The number of hydrogen-bond donors (Lipinski definition) is 0. The van der Waals surface area contributed by atoms with E-state index in [1.165, 1.54) is 0 Å². The Hall–Kier alpha value is -0.890. The molecular weight excluding hydrogens is 156 g/mol. The lowest BCUT2D eigenvalue weighted by Crippen LogP contribution is -1.83. The molecule has 0 fully saturated rings. The number of benzene rings is 1. The molecule has 1 rings (SSSR count). The maximum atomic E-state index is 11.3. The highest BCUT2D eigenvalue weighted by molar-refractivity contribution is 7.88. The summed E-state index contributed by atoms with van der Waals surface area (Å²) in [5.74, 6) is 0. The minimum absolute atomic E-state index is 0.852. The highest BCUT2D eigenvalue weighted by Crippen LogP contribution is 2.05. The number of allylic oxidation sites excluding steroid dienone is 1. The van der Waals surface area contributed by atoms with Gasteiger partial charge in [-0.2, -0.15) is 0 Å². The summed E-state index contributed by atoms with van der Waals surface area (Å²) in [6, 6.07) is 9.40. The molecule has 0 aliphatic heterocycles. The fraction of sp³-hybridized carbons (Fsp3) is 0.111. The molecule has 0 saturated heterocycles. The normalized spacial score (nSPS) is 13.5. The van der Waals surface area contributed by atoms with Crippen LogP contribution in [0.15, 0.2) is 46.7 Å². The molecule has 0 aliphatic rings. The first kappa shape index (κ1) is 8.21. The van der Waals surface area contributed by atoms with Crippen molar-refractivity contribution in [2.24, 2.45) is 0 Å².